The first-order chi connectivity index (χ1) is 15.4. The van der Waals surface area contributed by atoms with Gasteiger partial charge in [-0.2, -0.15) is 5.10 Å². The SMILES string of the molecule is Cc1nc2cc(C3CCOC(c4cnn(C)c4)C3)nc(-c3ccc(F)cc3F)c2nc1C. The molecule has 1 aromatic carbocycles. The van der Waals surface area contributed by atoms with E-state index in [1.807, 2.05) is 39.4 Å². The van der Waals surface area contributed by atoms with Crippen LogP contribution in [0.15, 0.2) is 36.7 Å². The lowest BCUT2D eigenvalue weighted by Gasteiger charge is -2.29. The van der Waals surface area contributed by atoms with Crippen molar-refractivity contribution in [3.05, 3.63) is 70.9 Å². The monoisotopic (exact) mass is 435 g/mol. The number of fused-ring (bicyclic) bond motifs is 1. The minimum Gasteiger partial charge on any atom is -0.373 e. The number of aromatic nitrogens is 5. The summed E-state index contributed by atoms with van der Waals surface area (Å²) >= 11 is 0. The second-order valence-electron chi connectivity index (χ2n) is 8.31. The average Bonchev–Trinajstić information content (AvgIpc) is 3.21. The first kappa shape index (κ1) is 20.6. The van der Waals surface area contributed by atoms with Gasteiger partial charge in [0.1, 0.15) is 22.8 Å². The topological polar surface area (TPSA) is 65.7 Å². The smallest absolute Gasteiger partial charge is 0.135 e. The highest BCUT2D eigenvalue weighted by molar-refractivity contribution is 5.89. The molecule has 2 atom stereocenters. The van der Waals surface area contributed by atoms with Crippen molar-refractivity contribution in [2.45, 2.75) is 38.7 Å². The van der Waals surface area contributed by atoms with Gasteiger partial charge in [-0.3, -0.25) is 4.68 Å². The van der Waals surface area contributed by atoms with E-state index in [2.05, 4.69) is 10.1 Å². The number of hydrogen-bond donors (Lipinski definition) is 0. The quantitative estimate of drug-likeness (QED) is 0.455. The van der Waals surface area contributed by atoms with E-state index < -0.39 is 11.6 Å². The molecule has 0 aliphatic carbocycles. The third kappa shape index (κ3) is 3.75. The maximum absolute atomic E-state index is 14.7. The van der Waals surface area contributed by atoms with E-state index in [9.17, 15) is 8.78 Å². The van der Waals surface area contributed by atoms with Crippen LogP contribution < -0.4 is 0 Å². The van der Waals surface area contributed by atoms with E-state index in [0.29, 0.717) is 23.3 Å². The van der Waals surface area contributed by atoms with E-state index in [-0.39, 0.29) is 17.6 Å². The summed E-state index contributed by atoms with van der Waals surface area (Å²) < 4.78 is 36.1. The third-order valence-corrected chi connectivity index (χ3v) is 6.07. The lowest BCUT2D eigenvalue weighted by Crippen LogP contribution is -2.19. The summed E-state index contributed by atoms with van der Waals surface area (Å²) in [6.45, 7) is 4.34. The van der Waals surface area contributed by atoms with Crippen LogP contribution in [-0.4, -0.2) is 31.3 Å². The molecule has 32 heavy (non-hydrogen) atoms. The molecular weight excluding hydrogens is 412 g/mol. The van der Waals surface area contributed by atoms with Gasteiger partial charge in [0.2, 0.25) is 0 Å². The number of nitrogens with zero attached hydrogens (tertiary/aromatic N) is 5. The molecule has 0 N–H and O–H groups in total. The van der Waals surface area contributed by atoms with E-state index in [0.717, 1.165) is 41.6 Å². The number of ether oxygens (including phenoxy) is 1. The summed E-state index contributed by atoms with van der Waals surface area (Å²) in [5.41, 5.74) is 5.15. The minimum atomic E-state index is -0.670. The molecular formula is C24H23F2N5O. The second kappa shape index (κ2) is 8.02. The Kier molecular flexibility index (Phi) is 5.17. The molecule has 1 aliphatic heterocycles. The fourth-order valence-electron chi connectivity index (χ4n) is 4.23. The maximum Gasteiger partial charge on any atom is 0.135 e. The van der Waals surface area contributed by atoms with Crippen molar-refractivity contribution in [1.29, 1.82) is 0 Å². The Labute approximate surface area is 184 Å². The van der Waals surface area contributed by atoms with Crippen LogP contribution in [0.1, 0.15) is 47.5 Å². The zero-order valence-corrected chi connectivity index (χ0v) is 18.1. The van der Waals surface area contributed by atoms with Crippen LogP contribution in [0.4, 0.5) is 8.78 Å². The van der Waals surface area contributed by atoms with Crippen molar-refractivity contribution < 1.29 is 13.5 Å². The van der Waals surface area contributed by atoms with Gasteiger partial charge in [0.05, 0.1) is 29.2 Å². The highest BCUT2D eigenvalue weighted by atomic mass is 19.1. The highest BCUT2D eigenvalue weighted by Gasteiger charge is 2.28. The van der Waals surface area contributed by atoms with Crippen LogP contribution in [-0.2, 0) is 11.8 Å². The molecule has 0 bridgehead atoms. The Hall–Kier alpha value is -3.26. The molecule has 1 saturated heterocycles. The zero-order valence-electron chi connectivity index (χ0n) is 18.1. The van der Waals surface area contributed by atoms with Crippen LogP contribution >= 0.6 is 0 Å². The van der Waals surface area contributed by atoms with Crippen molar-refractivity contribution in [3.8, 4) is 11.3 Å². The Balaban J connectivity index is 1.62. The van der Waals surface area contributed by atoms with E-state index >= 15 is 0 Å². The van der Waals surface area contributed by atoms with Crippen molar-refractivity contribution in [2.75, 3.05) is 6.61 Å². The predicted octanol–water partition coefficient (Wildman–Crippen LogP) is 4.96. The minimum absolute atomic E-state index is 0.0863. The highest BCUT2D eigenvalue weighted by Crippen LogP contribution is 2.39. The summed E-state index contributed by atoms with van der Waals surface area (Å²) in [6, 6.07) is 5.46. The summed E-state index contributed by atoms with van der Waals surface area (Å²) in [7, 11) is 1.88. The molecule has 0 saturated carbocycles. The largest absolute Gasteiger partial charge is 0.373 e. The van der Waals surface area contributed by atoms with Gasteiger partial charge in [-0.25, -0.2) is 23.7 Å². The first-order valence-corrected chi connectivity index (χ1v) is 10.6. The van der Waals surface area contributed by atoms with Crippen molar-refractivity contribution >= 4 is 11.0 Å². The van der Waals surface area contributed by atoms with Gasteiger partial charge in [-0.1, -0.05) is 0 Å². The van der Waals surface area contributed by atoms with Crippen molar-refractivity contribution in [1.82, 2.24) is 24.7 Å². The average molecular weight is 435 g/mol. The Morgan fingerprint density at radius 1 is 1.06 bits per heavy atom. The molecule has 4 aromatic rings. The number of benzene rings is 1. The van der Waals surface area contributed by atoms with Crippen LogP contribution in [0.25, 0.3) is 22.3 Å². The van der Waals surface area contributed by atoms with E-state index in [1.54, 1.807) is 4.68 Å². The molecule has 2 unspecified atom stereocenters. The molecule has 0 amide bonds. The molecule has 6 nitrogen and oxygen atoms in total. The lowest BCUT2D eigenvalue weighted by molar-refractivity contribution is 0.00464. The number of hydrogen-bond acceptors (Lipinski definition) is 5. The molecule has 1 fully saturated rings. The van der Waals surface area contributed by atoms with Crippen LogP contribution in [0.5, 0.6) is 0 Å². The first-order valence-electron chi connectivity index (χ1n) is 10.6. The third-order valence-electron chi connectivity index (χ3n) is 6.07. The second-order valence-corrected chi connectivity index (χ2v) is 8.31. The summed E-state index contributed by atoms with van der Waals surface area (Å²) in [5.74, 6) is -1.20. The fraction of sp³-hybridized carbons (Fsp3) is 0.333. The number of pyridine rings is 1. The van der Waals surface area contributed by atoms with Crippen LogP contribution in [0, 0.1) is 25.5 Å². The lowest BCUT2D eigenvalue weighted by atomic mass is 9.89. The van der Waals surface area contributed by atoms with Gasteiger partial charge in [0.15, 0.2) is 0 Å². The maximum atomic E-state index is 14.7. The zero-order chi connectivity index (χ0) is 22.4. The molecule has 0 radical (unpaired) electrons. The molecule has 5 rings (SSSR count). The molecule has 4 heterocycles. The summed E-state index contributed by atoms with van der Waals surface area (Å²) in [5, 5.41) is 4.25. The summed E-state index contributed by atoms with van der Waals surface area (Å²) in [6.07, 6.45) is 5.21. The van der Waals surface area contributed by atoms with Gasteiger partial charge in [0.25, 0.3) is 0 Å². The molecule has 164 valence electrons. The van der Waals surface area contributed by atoms with Gasteiger partial charge in [0, 0.05) is 48.7 Å². The molecule has 0 spiro atoms. The normalized spacial score (nSPS) is 18.9. The van der Waals surface area contributed by atoms with Crippen molar-refractivity contribution in [2.24, 2.45) is 7.05 Å². The van der Waals surface area contributed by atoms with Gasteiger partial charge < -0.3 is 4.74 Å². The van der Waals surface area contributed by atoms with Crippen LogP contribution in [0.2, 0.25) is 0 Å². The van der Waals surface area contributed by atoms with Gasteiger partial charge >= 0.3 is 0 Å². The van der Waals surface area contributed by atoms with Gasteiger partial charge in [-0.15, -0.1) is 0 Å². The predicted molar refractivity (Wildman–Crippen MR) is 116 cm³/mol. The molecule has 3 aromatic heterocycles. The Morgan fingerprint density at radius 2 is 1.88 bits per heavy atom. The Bertz CT molecular complexity index is 1320. The van der Waals surface area contributed by atoms with E-state index in [4.69, 9.17) is 14.7 Å². The van der Waals surface area contributed by atoms with Crippen molar-refractivity contribution in [3.63, 3.8) is 0 Å². The van der Waals surface area contributed by atoms with E-state index in [1.165, 1.54) is 12.1 Å². The number of halogens is 2. The molecule has 8 heteroatoms. The summed E-state index contributed by atoms with van der Waals surface area (Å²) in [4.78, 5) is 14.2. The molecule has 1 aliphatic rings. The van der Waals surface area contributed by atoms with Gasteiger partial charge in [-0.05, 0) is 44.9 Å². The standard InChI is InChI=1S/C24H23F2N5O/c1-13-14(2)29-24-21(28-13)10-20(30-23(24)18-5-4-17(25)9-19(18)26)15-6-7-32-22(8-15)16-11-27-31(3)12-16/h4-5,9-12,15,22H,6-8H2,1-3H3. The van der Waals surface area contributed by atoms with Crippen LogP contribution in [0.3, 0.4) is 0 Å². The Morgan fingerprint density at radius 3 is 2.62 bits per heavy atom. The number of aryl methyl sites for hydroxylation is 3. The number of rotatable bonds is 3. The fourth-order valence-corrected chi connectivity index (χ4v) is 4.23.